The average molecular weight is 257 g/mol. The Morgan fingerprint density at radius 1 is 1.00 bits per heavy atom. The maximum atomic E-state index is 14.1. The molecule has 2 N–H and O–H groups in total. The quantitative estimate of drug-likeness (QED) is 0.604. The summed E-state index contributed by atoms with van der Waals surface area (Å²) in [7, 11) is 0. The molecule has 0 aliphatic heterocycles. The maximum Gasteiger partial charge on any atom is 0.131 e. The van der Waals surface area contributed by atoms with Crippen LogP contribution in [-0.2, 0) is 6.42 Å². The summed E-state index contributed by atoms with van der Waals surface area (Å²) in [5.41, 5.74) is 8.92. The van der Waals surface area contributed by atoms with Gasteiger partial charge in [0.1, 0.15) is 5.82 Å². The molecule has 2 aromatic carbocycles. The Labute approximate surface area is 114 Å². The van der Waals surface area contributed by atoms with Crippen LogP contribution in [0.5, 0.6) is 0 Å². The molecule has 0 aliphatic carbocycles. The lowest BCUT2D eigenvalue weighted by Crippen LogP contribution is -1.91. The normalized spacial score (nSPS) is 10.6. The van der Waals surface area contributed by atoms with Crippen LogP contribution >= 0.6 is 0 Å². The van der Waals surface area contributed by atoms with E-state index >= 15 is 0 Å². The number of nitrogen functional groups attached to an aromatic ring is 1. The van der Waals surface area contributed by atoms with Crippen LogP contribution in [0.15, 0.2) is 42.5 Å². The summed E-state index contributed by atoms with van der Waals surface area (Å²) in [6.07, 6.45) is 4.46. The predicted octanol–water partition coefficient (Wildman–Crippen LogP) is 4.81. The zero-order chi connectivity index (χ0) is 13.7. The van der Waals surface area contributed by atoms with Crippen molar-refractivity contribution in [2.45, 2.75) is 32.6 Å². The van der Waals surface area contributed by atoms with Gasteiger partial charge in [-0.15, -0.1) is 0 Å². The molecule has 0 aromatic heterocycles. The molecule has 0 saturated heterocycles. The summed E-state index contributed by atoms with van der Waals surface area (Å²) in [6, 6.07) is 12.8. The third kappa shape index (κ3) is 3.57. The van der Waals surface area contributed by atoms with Gasteiger partial charge in [0, 0.05) is 11.3 Å². The first-order chi connectivity index (χ1) is 9.20. The van der Waals surface area contributed by atoms with Crippen molar-refractivity contribution in [2.24, 2.45) is 0 Å². The van der Waals surface area contributed by atoms with Gasteiger partial charge in [0.15, 0.2) is 0 Å². The second kappa shape index (κ2) is 6.37. The Hall–Kier alpha value is -1.83. The van der Waals surface area contributed by atoms with E-state index in [2.05, 4.69) is 6.92 Å². The maximum absolute atomic E-state index is 14.1. The van der Waals surface area contributed by atoms with Gasteiger partial charge in [0.05, 0.1) is 0 Å². The first kappa shape index (κ1) is 13.6. The SMILES string of the molecule is CCCCCc1ccc(-c2ccc(N)cc2)c(F)c1. The number of hydrogen-bond acceptors (Lipinski definition) is 1. The van der Waals surface area contributed by atoms with Crippen LogP contribution in [0.4, 0.5) is 10.1 Å². The number of benzene rings is 2. The van der Waals surface area contributed by atoms with Crippen molar-refractivity contribution in [3.63, 3.8) is 0 Å². The molecule has 0 fully saturated rings. The minimum atomic E-state index is -0.154. The average Bonchev–Trinajstić information content (AvgIpc) is 2.41. The van der Waals surface area contributed by atoms with Crippen LogP contribution in [0, 0.1) is 5.82 Å². The summed E-state index contributed by atoms with van der Waals surface area (Å²) >= 11 is 0. The van der Waals surface area contributed by atoms with Crippen LogP contribution in [0.1, 0.15) is 31.7 Å². The van der Waals surface area contributed by atoms with Gasteiger partial charge < -0.3 is 5.73 Å². The zero-order valence-corrected chi connectivity index (χ0v) is 11.3. The first-order valence-corrected chi connectivity index (χ1v) is 6.85. The van der Waals surface area contributed by atoms with Crippen molar-refractivity contribution in [3.05, 3.63) is 53.8 Å². The van der Waals surface area contributed by atoms with Gasteiger partial charge in [-0.25, -0.2) is 4.39 Å². The highest BCUT2D eigenvalue weighted by molar-refractivity contribution is 5.66. The van der Waals surface area contributed by atoms with Crippen molar-refractivity contribution in [1.82, 2.24) is 0 Å². The zero-order valence-electron chi connectivity index (χ0n) is 11.3. The molecule has 2 rings (SSSR count). The van der Waals surface area contributed by atoms with Crippen LogP contribution in [0.2, 0.25) is 0 Å². The number of halogens is 1. The largest absolute Gasteiger partial charge is 0.399 e. The van der Waals surface area contributed by atoms with E-state index in [-0.39, 0.29) is 5.82 Å². The Kier molecular flexibility index (Phi) is 4.56. The molecule has 0 bridgehead atoms. The Morgan fingerprint density at radius 3 is 2.37 bits per heavy atom. The van der Waals surface area contributed by atoms with Gasteiger partial charge in [-0.1, -0.05) is 44.0 Å². The van der Waals surface area contributed by atoms with E-state index in [4.69, 9.17) is 5.73 Å². The summed E-state index contributed by atoms with van der Waals surface area (Å²) in [5.74, 6) is -0.154. The fourth-order valence-electron chi connectivity index (χ4n) is 2.19. The first-order valence-electron chi connectivity index (χ1n) is 6.85. The monoisotopic (exact) mass is 257 g/mol. The lowest BCUT2D eigenvalue weighted by atomic mass is 10.0. The van der Waals surface area contributed by atoms with E-state index in [0.717, 1.165) is 24.0 Å². The van der Waals surface area contributed by atoms with Crippen molar-refractivity contribution in [1.29, 1.82) is 0 Å². The number of nitrogens with two attached hydrogens (primary N) is 1. The number of aryl methyl sites for hydroxylation is 1. The van der Waals surface area contributed by atoms with E-state index in [0.29, 0.717) is 11.3 Å². The Bertz CT molecular complexity index is 531. The fourth-order valence-corrected chi connectivity index (χ4v) is 2.19. The summed E-state index contributed by atoms with van der Waals surface area (Å²) in [6.45, 7) is 2.17. The molecule has 2 heteroatoms. The van der Waals surface area contributed by atoms with E-state index in [1.54, 1.807) is 18.2 Å². The van der Waals surface area contributed by atoms with Crippen molar-refractivity contribution in [3.8, 4) is 11.1 Å². The third-order valence-corrected chi connectivity index (χ3v) is 3.32. The van der Waals surface area contributed by atoms with E-state index in [1.165, 1.54) is 12.8 Å². The molecule has 0 radical (unpaired) electrons. The molecular formula is C17H20FN. The van der Waals surface area contributed by atoms with E-state index < -0.39 is 0 Å². The van der Waals surface area contributed by atoms with Crippen molar-refractivity contribution >= 4 is 5.69 Å². The summed E-state index contributed by atoms with van der Waals surface area (Å²) in [4.78, 5) is 0. The molecule has 0 unspecified atom stereocenters. The molecule has 0 spiro atoms. The van der Waals surface area contributed by atoms with Gasteiger partial charge in [-0.05, 0) is 42.2 Å². The van der Waals surface area contributed by atoms with Gasteiger partial charge in [0.25, 0.3) is 0 Å². The topological polar surface area (TPSA) is 26.0 Å². The predicted molar refractivity (Wildman–Crippen MR) is 79.5 cm³/mol. The standard InChI is InChI=1S/C17H20FN/c1-2-3-4-5-13-6-11-16(17(18)12-13)14-7-9-15(19)10-8-14/h6-12H,2-5,19H2,1H3. The van der Waals surface area contributed by atoms with Gasteiger partial charge in [0.2, 0.25) is 0 Å². The molecule has 0 heterocycles. The molecule has 1 nitrogen and oxygen atoms in total. The number of anilines is 1. The minimum Gasteiger partial charge on any atom is -0.399 e. The van der Waals surface area contributed by atoms with Crippen LogP contribution < -0.4 is 5.73 Å². The molecule has 19 heavy (non-hydrogen) atoms. The highest BCUT2D eigenvalue weighted by Gasteiger charge is 2.06. The van der Waals surface area contributed by atoms with Gasteiger partial charge >= 0.3 is 0 Å². The molecule has 0 atom stereocenters. The Balaban J connectivity index is 2.17. The molecule has 0 amide bonds. The van der Waals surface area contributed by atoms with Gasteiger partial charge in [-0.2, -0.15) is 0 Å². The molecule has 0 aliphatic rings. The minimum absolute atomic E-state index is 0.154. The highest BCUT2D eigenvalue weighted by atomic mass is 19.1. The van der Waals surface area contributed by atoms with Crippen LogP contribution in [0.3, 0.4) is 0 Å². The van der Waals surface area contributed by atoms with Crippen LogP contribution in [0.25, 0.3) is 11.1 Å². The lowest BCUT2D eigenvalue weighted by Gasteiger charge is -2.07. The second-order valence-electron chi connectivity index (χ2n) is 4.89. The van der Waals surface area contributed by atoms with E-state index in [9.17, 15) is 4.39 Å². The fraction of sp³-hybridized carbons (Fsp3) is 0.294. The van der Waals surface area contributed by atoms with Crippen molar-refractivity contribution in [2.75, 3.05) is 5.73 Å². The molecule has 2 aromatic rings. The second-order valence-corrected chi connectivity index (χ2v) is 4.89. The lowest BCUT2D eigenvalue weighted by molar-refractivity contribution is 0.626. The summed E-state index contributed by atoms with van der Waals surface area (Å²) in [5, 5.41) is 0. The molecule has 0 saturated carbocycles. The van der Waals surface area contributed by atoms with E-state index in [1.807, 2.05) is 24.3 Å². The highest BCUT2D eigenvalue weighted by Crippen LogP contribution is 2.25. The molecular weight excluding hydrogens is 237 g/mol. The summed E-state index contributed by atoms with van der Waals surface area (Å²) < 4.78 is 14.1. The number of unbranched alkanes of at least 4 members (excludes halogenated alkanes) is 2. The Morgan fingerprint density at radius 2 is 1.74 bits per heavy atom. The van der Waals surface area contributed by atoms with Crippen molar-refractivity contribution < 1.29 is 4.39 Å². The van der Waals surface area contributed by atoms with Crippen LogP contribution in [-0.4, -0.2) is 0 Å². The third-order valence-electron chi connectivity index (χ3n) is 3.32. The number of hydrogen-bond donors (Lipinski definition) is 1. The molecule has 100 valence electrons. The smallest absolute Gasteiger partial charge is 0.131 e. The number of rotatable bonds is 5. The van der Waals surface area contributed by atoms with Gasteiger partial charge in [-0.3, -0.25) is 0 Å².